The molecule has 0 bridgehead atoms. The summed E-state index contributed by atoms with van der Waals surface area (Å²) in [7, 11) is 1.31. The van der Waals surface area contributed by atoms with Gasteiger partial charge in [0.2, 0.25) is 5.91 Å². The van der Waals surface area contributed by atoms with E-state index in [1.165, 1.54) is 7.11 Å². The lowest BCUT2D eigenvalue weighted by Crippen LogP contribution is -2.46. The topological polar surface area (TPSA) is 81.4 Å². The molecule has 0 aliphatic heterocycles. The zero-order valence-electron chi connectivity index (χ0n) is 11.4. The van der Waals surface area contributed by atoms with Crippen molar-refractivity contribution in [2.75, 3.05) is 7.11 Å². The van der Waals surface area contributed by atoms with Crippen LogP contribution in [0.15, 0.2) is 0 Å². The van der Waals surface area contributed by atoms with E-state index >= 15 is 0 Å². The summed E-state index contributed by atoms with van der Waals surface area (Å²) in [4.78, 5) is 23.2. The molecule has 0 saturated heterocycles. The highest BCUT2D eigenvalue weighted by Crippen LogP contribution is 2.08. The van der Waals surface area contributed by atoms with Crippen LogP contribution in [-0.4, -0.2) is 30.6 Å². The molecule has 0 fully saturated rings. The SMILES string of the molecule is COC(=O)[C@H](CC(C)C)NC(=O)CC(C)(C)N. The van der Waals surface area contributed by atoms with Gasteiger partial charge in [0, 0.05) is 12.0 Å². The monoisotopic (exact) mass is 244 g/mol. The molecule has 0 aromatic carbocycles. The molecule has 1 amide bonds. The van der Waals surface area contributed by atoms with Gasteiger partial charge in [0.05, 0.1) is 7.11 Å². The molecule has 17 heavy (non-hydrogen) atoms. The Kier molecular flexibility index (Phi) is 6.16. The predicted molar refractivity (Wildman–Crippen MR) is 66.3 cm³/mol. The lowest BCUT2D eigenvalue weighted by Gasteiger charge is -2.22. The quantitative estimate of drug-likeness (QED) is 0.678. The number of hydrogen-bond donors (Lipinski definition) is 2. The van der Waals surface area contributed by atoms with Gasteiger partial charge in [0.25, 0.3) is 0 Å². The van der Waals surface area contributed by atoms with Crippen LogP contribution >= 0.6 is 0 Å². The molecule has 5 nitrogen and oxygen atoms in total. The van der Waals surface area contributed by atoms with E-state index in [1.54, 1.807) is 13.8 Å². The highest BCUT2D eigenvalue weighted by Gasteiger charge is 2.24. The van der Waals surface area contributed by atoms with E-state index in [4.69, 9.17) is 5.73 Å². The molecule has 5 heteroatoms. The molecule has 0 rings (SSSR count). The van der Waals surface area contributed by atoms with E-state index in [2.05, 4.69) is 10.1 Å². The van der Waals surface area contributed by atoms with Crippen LogP contribution < -0.4 is 11.1 Å². The van der Waals surface area contributed by atoms with E-state index in [-0.39, 0.29) is 12.3 Å². The minimum atomic E-state index is -0.588. The first-order valence-corrected chi connectivity index (χ1v) is 5.81. The molecule has 0 aliphatic carbocycles. The summed E-state index contributed by atoms with van der Waals surface area (Å²) in [5, 5.41) is 2.66. The summed E-state index contributed by atoms with van der Waals surface area (Å²) >= 11 is 0. The van der Waals surface area contributed by atoms with Gasteiger partial charge in [0.1, 0.15) is 6.04 Å². The largest absolute Gasteiger partial charge is 0.467 e. The van der Waals surface area contributed by atoms with Crippen molar-refractivity contribution < 1.29 is 14.3 Å². The lowest BCUT2D eigenvalue weighted by molar-refractivity contribution is -0.145. The number of nitrogens with two attached hydrogens (primary N) is 1. The van der Waals surface area contributed by atoms with Crippen molar-refractivity contribution in [2.24, 2.45) is 11.7 Å². The summed E-state index contributed by atoms with van der Waals surface area (Å²) in [6, 6.07) is -0.588. The molecule has 0 spiro atoms. The van der Waals surface area contributed by atoms with Gasteiger partial charge in [-0.05, 0) is 26.2 Å². The second kappa shape index (κ2) is 6.59. The van der Waals surface area contributed by atoms with Crippen molar-refractivity contribution in [2.45, 2.75) is 52.1 Å². The van der Waals surface area contributed by atoms with Crippen LogP contribution in [0.2, 0.25) is 0 Å². The zero-order chi connectivity index (χ0) is 13.6. The fourth-order valence-corrected chi connectivity index (χ4v) is 1.49. The molecule has 3 N–H and O–H groups in total. The van der Waals surface area contributed by atoms with Crippen LogP contribution in [0.4, 0.5) is 0 Å². The fourth-order valence-electron chi connectivity index (χ4n) is 1.49. The minimum absolute atomic E-state index is 0.179. The Morgan fingerprint density at radius 3 is 2.24 bits per heavy atom. The maximum absolute atomic E-state index is 11.7. The lowest BCUT2D eigenvalue weighted by atomic mass is 10.00. The van der Waals surface area contributed by atoms with Gasteiger partial charge < -0.3 is 15.8 Å². The average molecular weight is 244 g/mol. The molecular weight excluding hydrogens is 220 g/mol. The van der Waals surface area contributed by atoms with Crippen molar-refractivity contribution in [1.29, 1.82) is 0 Å². The van der Waals surface area contributed by atoms with Crippen molar-refractivity contribution >= 4 is 11.9 Å². The van der Waals surface area contributed by atoms with Crippen LogP contribution in [0, 0.1) is 5.92 Å². The maximum Gasteiger partial charge on any atom is 0.328 e. The number of hydrogen-bond acceptors (Lipinski definition) is 4. The number of carbonyl (C=O) groups is 2. The van der Waals surface area contributed by atoms with Crippen LogP contribution in [0.1, 0.15) is 40.5 Å². The standard InChI is InChI=1S/C12H24N2O3/c1-8(2)6-9(11(16)17-5)14-10(15)7-12(3,4)13/h8-9H,6-7,13H2,1-5H3,(H,14,15)/t9-/m0/s1. The summed E-state index contributed by atoms with van der Waals surface area (Å²) in [6.07, 6.45) is 0.738. The van der Waals surface area contributed by atoms with E-state index in [0.717, 1.165) is 0 Å². The second-order valence-electron chi connectivity index (χ2n) is 5.44. The first-order chi connectivity index (χ1) is 7.65. The summed E-state index contributed by atoms with van der Waals surface area (Å²) in [5.41, 5.74) is 5.16. The average Bonchev–Trinajstić information content (AvgIpc) is 2.11. The molecule has 100 valence electrons. The molecule has 0 heterocycles. The Balaban J connectivity index is 4.43. The van der Waals surface area contributed by atoms with Crippen molar-refractivity contribution in [3.8, 4) is 0 Å². The maximum atomic E-state index is 11.7. The first kappa shape index (κ1) is 15.9. The Morgan fingerprint density at radius 2 is 1.88 bits per heavy atom. The minimum Gasteiger partial charge on any atom is -0.467 e. The first-order valence-electron chi connectivity index (χ1n) is 5.81. The van der Waals surface area contributed by atoms with Crippen LogP contribution in [-0.2, 0) is 14.3 Å². The molecule has 0 saturated carbocycles. The third-order valence-corrected chi connectivity index (χ3v) is 2.14. The summed E-state index contributed by atoms with van der Waals surface area (Å²) in [6.45, 7) is 7.49. The molecular formula is C12H24N2O3. The third-order valence-electron chi connectivity index (χ3n) is 2.14. The molecule has 0 unspecified atom stereocenters. The Labute approximate surface area is 103 Å². The van der Waals surface area contributed by atoms with Crippen molar-refractivity contribution in [3.05, 3.63) is 0 Å². The van der Waals surface area contributed by atoms with Gasteiger partial charge in [-0.1, -0.05) is 13.8 Å². The summed E-state index contributed by atoms with van der Waals surface area (Å²) in [5.74, 6) is -0.347. The van der Waals surface area contributed by atoms with E-state index in [9.17, 15) is 9.59 Å². The highest BCUT2D eigenvalue weighted by molar-refractivity contribution is 5.84. The molecule has 0 aliphatic rings. The number of rotatable bonds is 6. The van der Waals surface area contributed by atoms with E-state index in [0.29, 0.717) is 12.3 Å². The molecule has 0 aromatic heterocycles. The number of methoxy groups -OCH3 is 1. The molecule has 0 aromatic rings. The second-order valence-corrected chi connectivity index (χ2v) is 5.44. The Bertz CT molecular complexity index is 269. The van der Waals surface area contributed by atoms with Crippen LogP contribution in [0.5, 0.6) is 0 Å². The number of amides is 1. The van der Waals surface area contributed by atoms with Gasteiger partial charge in [-0.15, -0.1) is 0 Å². The normalized spacial score (nSPS) is 13.4. The van der Waals surface area contributed by atoms with E-state index < -0.39 is 17.6 Å². The number of nitrogens with one attached hydrogen (secondary N) is 1. The number of ether oxygens (including phenoxy) is 1. The predicted octanol–water partition coefficient (Wildman–Crippen LogP) is 0.818. The van der Waals surface area contributed by atoms with Crippen molar-refractivity contribution in [1.82, 2.24) is 5.32 Å². The van der Waals surface area contributed by atoms with Gasteiger partial charge in [-0.25, -0.2) is 4.79 Å². The smallest absolute Gasteiger partial charge is 0.328 e. The highest BCUT2D eigenvalue weighted by atomic mass is 16.5. The summed E-state index contributed by atoms with van der Waals surface area (Å²) < 4.78 is 4.66. The molecule has 0 radical (unpaired) electrons. The Hall–Kier alpha value is -1.10. The number of esters is 1. The van der Waals surface area contributed by atoms with Crippen LogP contribution in [0.25, 0.3) is 0 Å². The Morgan fingerprint density at radius 1 is 1.35 bits per heavy atom. The van der Waals surface area contributed by atoms with Crippen LogP contribution in [0.3, 0.4) is 0 Å². The van der Waals surface area contributed by atoms with Gasteiger partial charge in [-0.2, -0.15) is 0 Å². The third kappa shape index (κ3) is 7.74. The van der Waals surface area contributed by atoms with Gasteiger partial charge in [-0.3, -0.25) is 4.79 Å². The number of carbonyl (C=O) groups excluding carboxylic acids is 2. The molecule has 1 atom stereocenters. The van der Waals surface area contributed by atoms with E-state index in [1.807, 2.05) is 13.8 Å². The van der Waals surface area contributed by atoms with Gasteiger partial charge in [0.15, 0.2) is 0 Å². The van der Waals surface area contributed by atoms with Crippen molar-refractivity contribution in [3.63, 3.8) is 0 Å². The van der Waals surface area contributed by atoms with Gasteiger partial charge >= 0.3 is 5.97 Å². The zero-order valence-corrected chi connectivity index (χ0v) is 11.4. The fraction of sp³-hybridized carbons (Fsp3) is 0.833.